The predicted octanol–water partition coefficient (Wildman–Crippen LogP) is 2.71. The molecule has 1 aromatic rings. The molecule has 0 spiro atoms. The van der Waals surface area contributed by atoms with Crippen molar-refractivity contribution in [2.45, 2.75) is 19.8 Å². The summed E-state index contributed by atoms with van der Waals surface area (Å²) in [4.78, 5) is 11.8. The van der Waals surface area contributed by atoms with E-state index >= 15 is 0 Å². The van der Waals surface area contributed by atoms with Crippen molar-refractivity contribution in [1.82, 2.24) is 0 Å². The van der Waals surface area contributed by atoms with Gasteiger partial charge in [-0.2, -0.15) is 0 Å². The first-order chi connectivity index (χ1) is 9.81. The standard InChI is InChI=1S/C16H22O4/c1-2-18-9-10-19-11-12-20-15-7-5-14(6-8-15)16(17)13-3-4-13/h5-8,13H,2-4,9-12H2,1H3. The summed E-state index contributed by atoms with van der Waals surface area (Å²) in [7, 11) is 0. The second-order valence-corrected chi connectivity index (χ2v) is 4.82. The molecular weight excluding hydrogens is 256 g/mol. The average molecular weight is 278 g/mol. The fourth-order valence-corrected chi connectivity index (χ4v) is 1.88. The van der Waals surface area contributed by atoms with E-state index in [1.807, 2.05) is 31.2 Å². The molecule has 0 aliphatic heterocycles. The van der Waals surface area contributed by atoms with E-state index in [0.29, 0.717) is 33.0 Å². The number of carbonyl (C=O) groups is 1. The highest BCUT2D eigenvalue weighted by molar-refractivity contribution is 5.99. The third kappa shape index (κ3) is 4.94. The lowest BCUT2D eigenvalue weighted by atomic mass is 10.1. The molecule has 4 nitrogen and oxygen atoms in total. The molecule has 0 amide bonds. The molecule has 0 heterocycles. The van der Waals surface area contributed by atoms with Crippen molar-refractivity contribution in [3.05, 3.63) is 29.8 Å². The van der Waals surface area contributed by atoms with Gasteiger partial charge >= 0.3 is 0 Å². The van der Waals surface area contributed by atoms with E-state index in [1.54, 1.807) is 0 Å². The maximum absolute atomic E-state index is 11.8. The summed E-state index contributed by atoms with van der Waals surface area (Å²) in [5, 5.41) is 0. The van der Waals surface area contributed by atoms with E-state index in [2.05, 4.69) is 0 Å². The molecule has 110 valence electrons. The first-order valence-corrected chi connectivity index (χ1v) is 7.24. The first kappa shape index (κ1) is 15.0. The van der Waals surface area contributed by atoms with Crippen LogP contribution in [0.15, 0.2) is 24.3 Å². The number of hydrogen-bond donors (Lipinski definition) is 0. The number of Topliss-reactive ketones (excluding diaryl/α,β-unsaturated/α-hetero) is 1. The maximum atomic E-state index is 11.8. The van der Waals surface area contributed by atoms with Crippen LogP contribution >= 0.6 is 0 Å². The van der Waals surface area contributed by atoms with Crippen LogP contribution in [0.4, 0.5) is 0 Å². The van der Waals surface area contributed by atoms with Gasteiger partial charge in [0.1, 0.15) is 12.4 Å². The molecule has 4 heteroatoms. The number of ketones is 1. The summed E-state index contributed by atoms with van der Waals surface area (Å²) < 4.78 is 16.1. The largest absolute Gasteiger partial charge is 0.491 e. The molecule has 0 atom stereocenters. The Morgan fingerprint density at radius 3 is 2.35 bits per heavy atom. The molecule has 0 radical (unpaired) electrons. The van der Waals surface area contributed by atoms with Crippen LogP contribution in [0.25, 0.3) is 0 Å². The normalized spacial score (nSPS) is 14.2. The number of rotatable bonds is 10. The zero-order valence-corrected chi connectivity index (χ0v) is 12.0. The molecular formula is C16H22O4. The molecule has 0 unspecified atom stereocenters. The van der Waals surface area contributed by atoms with Crippen LogP contribution < -0.4 is 4.74 Å². The number of benzene rings is 1. The van der Waals surface area contributed by atoms with Gasteiger partial charge in [-0.15, -0.1) is 0 Å². The van der Waals surface area contributed by atoms with Gasteiger partial charge < -0.3 is 14.2 Å². The lowest BCUT2D eigenvalue weighted by Gasteiger charge is -2.08. The van der Waals surface area contributed by atoms with Gasteiger partial charge in [0.15, 0.2) is 5.78 Å². The van der Waals surface area contributed by atoms with Crippen molar-refractivity contribution in [1.29, 1.82) is 0 Å². The van der Waals surface area contributed by atoms with Gasteiger partial charge in [-0.05, 0) is 44.0 Å². The Morgan fingerprint density at radius 1 is 1.05 bits per heavy atom. The predicted molar refractivity (Wildman–Crippen MR) is 76.3 cm³/mol. The first-order valence-electron chi connectivity index (χ1n) is 7.24. The van der Waals surface area contributed by atoms with Crippen molar-refractivity contribution < 1.29 is 19.0 Å². The average Bonchev–Trinajstić information content (AvgIpc) is 3.31. The van der Waals surface area contributed by atoms with Gasteiger partial charge in [0.25, 0.3) is 0 Å². The molecule has 0 N–H and O–H groups in total. The summed E-state index contributed by atoms with van der Waals surface area (Å²) in [6.07, 6.45) is 2.08. The molecule has 20 heavy (non-hydrogen) atoms. The van der Waals surface area contributed by atoms with E-state index < -0.39 is 0 Å². The monoisotopic (exact) mass is 278 g/mol. The lowest BCUT2D eigenvalue weighted by Crippen LogP contribution is -2.10. The van der Waals surface area contributed by atoms with Crippen LogP contribution in [0.3, 0.4) is 0 Å². The summed E-state index contributed by atoms with van der Waals surface area (Å²) in [5.74, 6) is 1.29. The zero-order chi connectivity index (χ0) is 14.2. The van der Waals surface area contributed by atoms with Crippen molar-refractivity contribution in [2.24, 2.45) is 5.92 Å². The van der Waals surface area contributed by atoms with Gasteiger partial charge in [0, 0.05) is 18.1 Å². The third-order valence-electron chi connectivity index (χ3n) is 3.16. The topological polar surface area (TPSA) is 44.8 Å². The summed E-state index contributed by atoms with van der Waals surface area (Å²) >= 11 is 0. The van der Waals surface area contributed by atoms with Crippen molar-refractivity contribution in [2.75, 3.05) is 33.0 Å². The van der Waals surface area contributed by atoms with Gasteiger partial charge in [-0.3, -0.25) is 4.79 Å². The van der Waals surface area contributed by atoms with Crippen LogP contribution in [0, 0.1) is 5.92 Å². The van der Waals surface area contributed by atoms with Crippen LogP contribution in [-0.2, 0) is 9.47 Å². The molecule has 0 saturated heterocycles. The van der Waals surface area contributed by atoms with Crippen molar-refractivity contribution in [3.8, 4) is 5.75 Å². The third-order valence-corrected chi connectivity index (χ3v) is 3.16. The summed E-state index contributed by atoms with van der Waals surface area (Å²) in [5.41, 5.74) is 0.785. The van der Waals surface area contributed by atoms with E-state index in [0.717, 1.165) is 24.2 Å². The smallest absolute Gasteiger partial charge is 0.165 e. The Kier molecular flexibility index (Phi) is 6.02. The SMILES string of the molecule is CCOCCOCCOc1ccc(C(=O)C2CC2)cc1. The molecule has 1 fully saturated rings. The van der Waals surface area contributed by atoms with E-state index in [4.69, 9.17) is 14.2 Å². The molecule has 2 rings (SSSR count). The molecule has 0 aromatic heterocycles. The minimum absolute atomic E-state index is 0.260. The van der Waals surface area contributed by atoms with Crippen LogP contribution in [0.2, 0.25) is 0 Å². The second-order valence-electron chi connectivity index (χ2n) is 4.82. The van der Waals surface area contributed by atoms with Crippen molar-refractivity contribution in [3.63, 3.8) is 0 Å². The maximum Gasteiger partial charge on any atom is 0.165 e. The lowest BCUT2D eigenvalue weighted by molar-refractivity contribution is 0.0405. The van der Waals surface area contributed by atoms with Crippen LogP contribution in [-0.4, -0.2) is 38.8 Å². The van der Waals surface area contributed by atoms with Gasteiger partial charge in [0.05, 0.1) is 19.8 Å². The number of hydrogen-bond acceptors (Lipinski definition) is 4. The Labute approximate surface area is 120 Å². The molecule has 1 aromatic carbocycles. The van der Waals surface area contributed by atoms with Gasteiger partial charge in [-0.25, -0.2) is 0 Å². The molecule has 1 saturated carbocycles. The quantitative estimate of drug-likeness (QED) is 0.487. The fourth-order valence-electron chi connectivity index (χ4n) is 1.88. The Bertz CT molecular complexity index is 409. The minimum Gasteiger partial charge on any atom is -0.491 e. The highest BCUT2D eigenvalue weighted by Gasteiger charge is 2.30. The van der Waals surface area contributed by atoms with Gasteiger partial charge in [-0.1, -0.05) is 0 Å². The zero-order valence-electron chi connectivity index (χ0n) is 12.0. The fraction of sp³-hybridized carbons (Fsp3) is 0.562. The molecule has 1 aliphatic carbocycles. The number of carbonyl (C=O) groups excluding carboxylic acids is 1. The highest BCUT2D eigenvalue weighted by Crippen LogP contribution is 2.32. The summed E-state index contributed by atoms with van der Waals surface area (Å²) in [6.45, 7) is 4.92. The molecule has 0 bridgehead atoms. The Morgan fingerprint density at radius 2 is 1.70 bits per heavy atom. The van der Waals surface area contributed by atoms with Gasteiger partial charge in [0.2, 0.25) is 0 Å². The number of ether oxygens (including phenoxy) is 3. The van der Waals surface area contributed by atoms with Crippen LogP contribution in [0.1, 0.15) is 30.1 Å². The minimum atomic E-state index is 0.260. The Hall–Kier alpha value is -1.39. The Balaban J connectivity index is 1.62. The van der Waals surface area contributed by atoms with E-state index in [9.17, 15) is 4.79 Å². The highest BCUT2D eigenvalue weighted by atomic mass is 16.5. The van der Waals surface area contributed by atoms with Crippen LogP contribution in [0.5, 0.6) is 5.75 Å². The second kappa shape index (κ2) is 8.02. The molecule has 1 aliphatic rings. The van der Waals surface area contributed by atoms with E-state index in [-0.39, 0.29) is 11.7 Å². The van der Waals surface area contributed by atoms with E-state index in [1.165, 1.54) is 0 Å². The van der Waals surface area contributed by atoms with Crippen molar-refractivity contribution >= 4 is 5.78 Å². The summed E-state index contributed by atoms with van der Waals surface area (Å²) in [6, 6.07) is 7.36.